The van der Waals surface area contributed by atoms with Gasteiger partial charge >= 0.3 is 0 Å². The fourth-order valence-electron chi connectivity index (χ4n) is 2.68. The Morgan fingerprint density at radius 1 is 1.26 bits per heavy atom. The van der Waals surface area contributed by atoms with Crippen molar-refractivity contribution in [3.05, 3.63) is 63.2 Å². The van der Waals surface area contributed by atoms with Gasteiger partial charge in [-0.3, -0.25) is 9.78 Å². The molecule has 0 saturated carbocycles. The molecular weight excluding hydrogens is 295 g/mol. The molecule has 0 saturated heterocycles. The Morgan fingerprint density at radius 2 is 2.00 bits per heavy atom. The van der Waals surface area contributed by atoms with Crippen molar-refractivity contribution in [2.75, 3.05) is 0 Å². The molecule has 3 rings (SSSR count). The van der Waals surface area contributed by atoms with Crippen LogP contribution in [0.1, 0.15) is 29.7 Å². The van der Waals surface area contributed by atoms with E-state index in [0.29, 0.717) is 16.5 Å². The first-order valence-corrected chi connectivity index (χ1v) is 7.34. The van der Waals surface area contributed by atoms with E-state index in [-0.39, 0.29) is 22.9 Å². The zero-order chi connectivity index (χ0) is 16.7. The number of rotatable bonds is 2. The first-order valence-electron chi connectivity index (χ1n) is 7.34. The summed E-state index contributed by atoms with van der Waals surface area (Å²) in [5, 5.41) is 0.481. The molecule has 2 N–H and O–H groups in total. The highest BCUT2D eigenvalue weighted by atomic mass is 19.1. The molecule has 118 valence electrons. The number of aromatic nitrogens is 1. The Labute approximate surface area is 132 Å². The third kappa shape index (κ3) is 2.64. The normalized spacial score (nSPS) is 12.6. The Balaban J connectivity index is 2.42. The summed E-state index contributed by atoms with van der Waals surface area (Å²) in [6.45, 7) is 5.39. The molecule has 0 bridgehead atoms. The summed E-state index contributed by atoms with van der Waals surface area (Å²) < 4.78 is 19.4. The van der Waals surface area contributed by atoms with Crippen LogP contribution < -0.4 is 11.2 Å². The van der Waals surface area contributed by atoms with Crippen LogP contribution in [0.3, 0.4) is 0 Å². The molecule has 1 aromatic carbocycles. The van der Waals surface area contributed by atoms with E-state index in [1.807, 2.05) is 19.9 Å². The van der Waals surface area contributed by atoms with Crippen LogP contribution in [0.25, 0.3) is 22.4 Å². The van der Waals surface area contributed by atoms with E-state index >= 15 is 0 Å². The van der Waals surface area contributed by atoms with Gasteiger partial charge < -0.3 is 10.2 Å². The molecule has 1 unspecified atom stereocenters. The number of hydrogen-bond donors (Lipinski definition) is 1. The van der Waals surface area contributed by atoms with E-state index in [2.05, 4.69) is 4.98 Å². The molecule has 0 spiro atoms. The van der Waals surface area contributed by atoms with E-state index in [1.54, 1.807) is 13.0 Å². The molecule has 0 amide bonds. The molecule has 0 aliphatic carbocycles. The molecule has 4 nitrogen and oxygen atoms in total. The van der Waals surface area contributed by atoms with Gasteiger partial charge in [0.15, 0.2) is 11.2 Å². The molecule has 0 aliphatic heterocycles. The predicted octanol–water partition coefficient (Wildman–Crippen LogP) is 3.63. The Kier molecular flexibility index (Phi) is 3.74. The van der Waals surface area contributed by atoms with E-state index in [0.717, 1.165) is 11.1 Å². The van der Waals surface area contributed by atoms with E-state index in [1.165, 1.54) is 18.3 Å². The summed E-state index contributed by atoms with van der Waals surface area (Å²) in [6.07, 6.45) is 1.34. The lowest BCUT2D eigenvalue weighted by molar-refractivity contribution is 0.595. The van der Waals surface area contributed by atoms with Crippen LogP contribution in [-0.4, -0.2) is 4.98 Å². The standard InChI is InChI=1S/C18H17FN2O2/c1-9-6-13(11(3)20)18-14(7-9)16(22)10(2)17(23-18)15-8-12(19)4-5-21-15/h4-8,11H,20H2,1-3H3. The Hall–Kier alpha value is -2.53. The van der Waals surface area contributed by atoms with Crippen LogP contribution in [0.2, 0.25) is 0 Å². The average Bonchev–Trinajstić information content (AvgIpc) is 2.50. The number of nitrogens with two attached hydrogens (primary N) is 1. The second-order valence-electron chi connectivity index (χ2n) is 5.76. The number of aryl methyl sites for hydroxylation is 1. The zero-order valence-corrected chi connectivity index (χ0v) is 13.2. The molecule has 2 heterocycles. The number of hydrogen-bond acceptors (Lipinski definition) is 4. The maximum Gasteiger partial charge on any atom is 0.196 e. The number of fused-ring (bicyclic) bond motifs is 1. The summed E-state index contributed by atoms with van der Waals surface area (Å²) in [7, 11) is 0. The predicted molar refractivity (Wildman–Crippen MR) is 87.7 cm³/mol. The van der Waals surface area contributed by atoms with E-state index in [9.17, 15) is 9.18 Å². The number of nitrogens with zero attached hydrogens (tertiary/aromatic N) is 1. The molecular formula is C18H17FN2O2. The van der Waals surface area contributed by atoms with Crippen LogP contribution in [0.15, 0.2) is 39.7 Å². The third-order valence-corrected chi connectivity index (χ3v) is 3.84. The summed E-state index contributed by atoms with van der Waals surface area (Å²) in [4.78, 5) is 16.8. The summed E-state index contributed by atoms with van der Waals surface area (Å²) in [5.41, 5.74) is 8.66. The van der Waals surface area contributed by atoms with Gasteiger partial charge in [0.1, 0.15) is 17.1 Å². The molecule has 1 atom stereocenters. The van der Waals surface area contributed by atoms with Gasteiger partial charge in [0.2, 0.25) is 0 Å². The van der Waals surface area contributed by atoms with Gasteiger partial charge in [-0.15, -0.1) is 0 Å². The molecule has 5 heteroatoms. The lowest BCUT2D eigenvalue weighted by atomic mass is 10.00. The van der Waals surface area contributed by atoms with Crippen molar-refractivity contribution in [2.45, 2.75) is 26.8 Å². The van der Waals surface area contributed by atoms with Crippen molar-refractivity contribution in [3.63, 3.8) is 0 Å². The highest BCUT2D eigenvalue weighted by Crippen LogP contribution is 2.29. The van der Waals surface area contributed by atoms with Crippen LogP contribution in [-0.2, 0) is 0 Å². The molecule has 23 heavy (non-hydrogen) atoms. The van der Waals surface area contributed by atoms with Crippen LogP contribution in [0.5, 0.6) is 0 Å². The van der Waals surface area contributed by atoms with E-state index in [4.69, 9.17) is 10.2 Å². The van der Waals surface area contributed by atoms with Crippen molar-refractivity contribution in [2.24, 2.45) is 5.73 Å². The van der Waals surface area contributed by atoms with Gasteiger partial charge in [-0.25, -0.2) is 4.39 Å². The molecule has 0 aliphatic rings. The summed E-state index contributed by atoms with van der Waals surface area (Å²) in [5.74, 6) is -0.166. The maximum atomic E-state index is 13.5. The smallest absolute Gasteiger partial charge is 0.196 e. The lowest BCUT2D eigenvalue weighted by Crippen LogP contribution is -2.12. The topological polar surface area (TPSA) is 69.1 Å². The molecule has 3 aromatic rings. The van der Waals surface area contributed by atoms with Crippen molar-refractivity contribution >= 4 is 11.0 Å². The second kappa shape index (κ2) is 5.59. The summed E-state index contributed by atoms with van der Waals surface area (Å²) in [6, 6.07) is 5.87. The highest BCUT2D eigenvalue weighted by molar-refractivity contribution is 5.83. The van der Waals surface area contributed by atoms with Crippen molar-refractivity contribution in [1.82, 2.24) is 4.98 Å². The van der Waals surface area contributed by atoms with Gasteiger partial charge in [-0.2, -0.15) is 0 Å². The highest BCUT2D eigenvalue weighted by Gasteiger charge is 2.18. The fourth-order valence-corrected chi connectivity index (χ4v) is 2.68. The first kappa shape index (κ1) is 15.4. The van der Waals surface area contributed by atoms with Gasteiger partial charge in [-0.05, 0) is 38.5 Å². The minimum absolute atomic E-state index is 0.155. The van der Waals surface area contributed by atoms with Gasteiger partial charge in [0.05, 0.1) is 5.39 Å². The quantitative estimate of drug-likeness (QED) is 0.784. The minimum Gasteiger partial charge on any atom is -0.454 e. The van der Waals surface area contributed by atoms with Gasteiger partial charge in [0, 0.05) is 29.4 Å². The summed E-state index contributed by atoms with van der Waals surface area (Å²) >= 11 is 0. The number of halogens is 1. The molecule has 2 aromatic heterocycles. The SMILES string of the molecule is Cc1cc(C(C)N)c2oc(-c3cc(F)ccn3)c(C)c(=O)c2c1. The lowest BCUT2D eigenvalue weighted by Gasteiger charge is -2.13. The number of benzene rings is 1. The Morgan fingerprint density at radius 3 is 2.65 bits per heavy atom. The molecule has 0 radical (unpaired) electrons. The van der Waals surface area contributed by atoms with Crippen LogP contribution in [0.4, 0.5) is 4.39 Å². The van der Waals surface area contributed by atoms with Gasteiger partial charge in [-0.1, -0.05) is 6.07 Å². The van der Waals surface area contributed by atoms with Crippen molar-refractivity contribution in [1.29, 1.82) is 0 Å². The maximum absolute atomic E-state index is 13.5. The Bertz CT molecular complexity index is 961. The first-order chi connectivity index (χ1) is 10.9. The second-order valence-corrected chi connectivity index (χ2v) is 5.76. The van der Waals surface area contributed by atoms with E-state index < -0.39 is 5.82 Å². The number of pyridine rings is 1. The monoisotopic (exact) mass is 312 g/mol. The third-order valence-electron chi connectivity index (χ3n) is 3.84. The minimum atomic E-state index is -0.437. The van der Waals surface area contributed by atoms with Crippen molar-refractivity contribution < 1.29 is 8.81 Å². The van der Waals surface area contributed by atoms with Crippen molar-refractivity contribution in [3.8, 4) is 11.5 Å². The molecule has 0 fully saturated rings. The largest absolute Gasteiger partial charge is 0.454 e. The van der Waals surface area contributed by atoms with Crippen LogP contribution in [0, 0.1) is 19.7 Å². The average molecular weight is 312 g/mol. The fraction of sp³-hybridized carbons (Fsp3) is 0.222. The zero-order valence-electron chi connectivity index (χ0n) is 13.2. The van der Waals surface area contributed by atoms with Gasteiger partial charge in [0.25, 0.3) is 0 Å². The van der Waals surface area contributed by atoms with Crippen LogP contribution >= 0.6 is 0 Å².